The molecule has 0 spiro atoms. The summed E-state index contributed by atoms with van der Waals surface area (Å²) in [5.41, 5.74) is 0.193. The topological polar surface area (TPSA) is 82.1 Å². The quantitative estimate of drug-likeness (QED) is 0.636. The molecule has 0 saturated carbocycles. The number of ketones is 1. The smallest absolute Gasteiger partial charge is 0.342 e. The van der Waals surface area contributed by atoms with E-state index in [4.69, 9.17) is 25.8 Å². The van der Waals surface area contributed by atoms with Gasteiger partial charge in [0.25, 0.3) is 0 Å². The van der Waals surface area contributed by atoms with Gasteiger partial charge in [-0.15, -0.1) is 0 Å². The summed E-state index contributed by atoms with van der Waals surface area (Å²) in [5, 5.41) is 9.91. The van der Waals surface area contributed by atoms with Crippen molar-refractivity contribution in [3.05, 3.63) is 52.5 Å². The minimum Gasteiger partial charge on any atom is -0.507 e. The van der Waals surface area contributed by atoms with Crippen molar-refractivity contribution >= 4 is 23.4 Å². The largest absolute Gasteiger partial charge is 0.507 e. The Morgan fingerprint density at radius 1 is 1.04 bits per heavy atom. The number of halogens is 1. The number of esters is 1. The highest BCUT2D eigenvalue weighted by Crippen LogP contribution is 2.28. The fraction of sp³-hybridized carbons (Fsp3) is 0.176. The van der Waals surface area contributed by atoms with Crippen molar-refractivity contribution in [2.24, 2.45) is 0 Å². The number of Topliss-reactive ketones (excluding diaryl/α,β-unsaturated/α-hetero) is 1. The van der Waals surface area contributed by atoms with E-state index < -0.39 is 18.4 Å². The second kappa shape index (κ2) is 7.70. The second-order valence-electron chi connectivity index (χ2n) is 4.73. The summed E-state index contributed by atoms with van der Waals surface area (Å²) in [6.45, 7) is -0.486. The van der Waals surface area contributed by atoms with E-state index in [0.29, 0.717) is 17.1 Å². The van der Waals surface area contributed by atoms with Crippen LogP contribution in [0.4, 0.5) is 0 Å². The van der Waals surface area contributed by atoms with Gasteiger partial charge >= 0.3 is 5.97 Å². The van der Waals surface area contributed by atoms with Gasteiger partial charge in [-0.25, -0.2) is 4.79 Å². The molecule has 0 atom stereocenters. The zero-order valence-corrected chi connectivity index (χ0v) is 13.8. The van der Waals surface area contributed by atoms with Gasteiger partial charge in [-0.1, -0.05) is 11.6 Å². The van der Waals surface area contributed by atoms with Crippen LogP contribution in [0.5, 0.6) is 17.2 Å². The number of carbonyl (C=O) groups excluding carboxylic acids is 2. The molecule has 24 heavy (non-hydrogen) atoms. The molecule has 0 aliphatic rings. The lowest BCUT2D eigenvalue weighted by Gasteiger charge is -2.10. The monoisotopic (exact) mass is 350 g/mol. The Morgan fingerprint density at radius 3 is 2.42 bits per heavy atom. The second-order valence-corrected chi connectivity index (χ2v) is 5.17. The molecule has 0 unspecified atom stereocenters. The summed E-state index contributed by atoms with van der Waals surface area (Å²) in [7, 11) is 2.94. The van der Waals surface area contributed by atoms with Crippen molar-refractivity contribution < 1.29 is 28.9 Å². The number of phenols is 1. The molecule has 0 aliphatic carbocycles. The van der Waals surface area contributed by atoms with Crippen LogP contribution in [0, 0.1) is 0 Å². The number of rotatable bonds is 6. The SMILES string of the molecule is COc1ccc(C(=O)COC(=O)c2cc(Cl)ccc2O)cc1OC. The van der Waals surface area contributed by atoms with Gasteiger partial charge in [0.2, 0.25) is 0 Å². The normalized spacial score (nSPS) is 10.1. The number of benzene rings is 2. The molecule has 0 radical (unpaired) electrons. The van der Waals surface area contributed by atoms with Crippen molar-refractivity contribution in [3.63, 3.8) is 0 Å². The van der Waals surface area contributed by atoms with Crippen LogP contribution < -0.4 is 9.47 Å². The molecule has 6 nitrogen and oxygen atoms in total. The molecule has 0 amide bonds. The molecule has 0 heterocycles. The first-order chi connectivity index (χ1) is 11.5. The Kier molecular flexibility index (Phi) is 5.65. The van der Waals surface area contributed by atoms with Crippen LogP contribution >= 0.6 is 11.6 Å². The van der Waals surface area contributed by atoms with E-state index in [1.54, 1.807) is 6.07 Å². The highest BCUT2D eigenvalue weighted by Gasteiger charge is 2.17. The van der Waals surface area contributed by atoms with Crippen LogP contribution in [0.2, 0.25) is 5.02 Å². The Morgan fingerprint density at radius 2 is 1.75 bits per heavy atom. The Bertz CT molecular complexity index is 772. The molecule has 0 aliphatic heterocycles. The van der Waals surface area contributed by atoms with Crippen molar-refractivity contribution in [2.75, 3.05) is 20.8 Å². The third-order valence-corrected chi connectivity index (χ3v) is 3.45. The summed E-state index contributed by atoms with van der Waals surface area (Å²) >= 11 is 5.77. The van der Waals surface area contributed by atoms with E-state index >= 15 is 0 Å². The molecule has 0 bridgehead atoms. The van der Waals surface area contributed by atoms with E-state index in [2.05, 4.69) is 0 Å². The molecule has 7 heteroatoms. The first-order valence-corrected chi connectivity index (χ1v) is 7.25. The van der Waals surface area contributed by atoms with Crippen molar-refractivity contribution in [3.8, 4) is 17.2 Å². The molecule has 126 valence electrons. The van der Waals surface area contributed by atoms with Gasteiger partial charge < -0.3 is 19.3 Å². The van der Waals surface area contributed by atoms with Crippen LogP contribution in [-0.2, 0) is 4.74 Å². The summed E-state index contributed by atoms with van der Waals surface area (Å²) in [6.07, 6.45) is 0. The maximum Gasteiger partial charge on any atom is 0.342 e. The van der Waals surface area contributed by atoms with Gasteiger partial charge in [-0.05, 0) is 36.4 Å². The molecule has 0 fully saturated rings. The van der Waals surface area contributed by atoms with Crippen LogP contribution in [0.3, 0.4) is 0 Å². The van der Waals surface area contributed by atoms with E-state index in [0.717, 1.165) is 0 Å². The van der Waals surface area contributed by atoms with E-state index in [9.17, 15) is 14.7 Å². The molecule has 2 aromatic rings. The number of hydrogen-bond donors (Lipinski definition) is 1. The van der Waals surface area contributed by atoms with Gasteiger partial charge in [0.05, 0.1) is 14.2 Å². The number of carbonyl (C=O) groups is 2. The predicted molar refractivity (Wildman–Crippen MR) is 87.3 cm³/mol. The summed E-state index contributed by atoms with van der Waals surface area (Å²) in [6, 6.07) is 8.58. The van der Waals surface area contributed by atoms with Gasteiger partial charge in [0, 0.05) is 10.6 Å². The van der Waals surface area contributed by atoms with E-state index in [-0.39, 0.29) is 16.3 Å². The van der Waals surface area contributed by atoms with Gasteiger partial charge in [0.1, 0.15) is 11.3 Å². The van der Waals surface area contributed by atoms with Crippen molar-refractivity contribution in [1.29, 1.82) is 0 Å². The third kappa shape index (κ3) is 3.97. The molecular formula is C17H15ClO6. The molecule has 0 aromatic heterocycles. The first kappa shape index (κ1) is 17.6. The first-order valence-electron chi connectivity index (χ1n) is 6.87. The van der Waals surface area contributed by atoms with E-state index in [1.807, 2.05) is 0 Å². The van der Waals surface area contributed by atoms with Crippen molar-refractivity contribution in [2.45, 2.75) is 0 Å². The lowest BCUT2D eigenvalue weighted by molar-refractivity contribution is 0.0471. The van der Waals surface area contributed by atoms with Crippen LogP contribution in [0.1, 0.15) is 20.7 Å². The number of phenolic OH excluding ortho intramolecular Hbond substituents is 1. The summed E-state index contributed by atoms with van der Waals surface area (Å²) in [5.74, 6) is -0.672. The molecule has 0 saturated heterocycles. The highest BCUT2D eigenvalue weighted by molar-refractivity contribution is 6.31. The van der Waals surface area contributed by atoms with E-state index in [1.165, 1.54) is 44.6 Å². The molecular weight excluding hydrogens is 336 g/mol. The standard InChI is InChI=1S/C17H15ClO6/c1-22-15-6-3-10(7-16(15)23-2)14(20)9-24-17(21)12-8-11(18)4-5-13(12)19/h3-8,19H,9H2,1-2H3. The maximum absolute atomic E-state index is 12.1. The lowest BCUT2D eigenvalue weighted by Crippen LogP contribution is -2.14. The minimum atomic E-state index is -0.844. The minimum absolute atomic E-state index is 0.109. The van der Waals surface area contributed by atoms with Crippen molar-refractivity contribution in [1.82, 2.24) is 0 Å². The predicted octanol–water partition coefficient (Wildman–Crippen LogP) is 3.10. The average molecular weight is 351 g/mol. The number of methoxy groups -OCH3 is 2. The Labute approximate surface area is 143 Å². The lowest BCUT2D eigenvalue weighted by atomic mass is 10.1. The van der Waals surface area contributed by atoms with Gasteiger partial charge in [-0.2, -0.15) is 0 Å². The fourth-order valence-electron chi connectivity index (χ4n) is 1.97. The van der Waals surface area contributed by atoms with Crippen LogP contribution in [-0.4, -0.2) is 37.7 Å². The van der Waals surface area contributed by atoms with Crippen LogP contribution in [0.15, 0.2) is 36.4 Å². The zero-order valence-electron chi connectivity index (χ0n) is 13.0. The zero-order chi connectivity index (χ0) is 17.7. The maximum atomic E-state index is 12.1. The van der Waals surface area contributed by atoms with Gasteiger partial charge in [0.15, 0.2) is 23.9 Å². The van der Waals surface area contributed by atoms with Gasteiger partial charge in [-0.3, -0.25) is 4.79 Å². The number of aromatic hydroxyl groups is 1. The number of ether oxygens (including phenoxy) is 3. The average Bonchev–Trinajstić information content (AvgIpc) is 2.60. The third-order valence-electron chi connectivity index (χ3n) is 3.22. The fourth-order valence-corrected chi connectivity index (χ4v) is 2.15. The molecule has 1 N–H and O–H groups in total. The summed E-state index contributed by atoms with van der Waals surface area (Å²) < 4.78 is 15.1. The highest BCUT2D eigenvalue weighted by atomic mass is 35.5. The van der Waals surface area contributed by atoms with Crippen LogP contribution in [0.25, 0.3) is 0 Å². The summed E-state index contributed by atoms with van der Waals surface area (Å²) in [4.78, 5) is 24.1. The number of hydrogen-bond acceptors (Lipinski definition) is 6. The Balaban J connectivity index is 2.07. The molecule has 2 rings (SSSR count). The Hall–Kier alpha value is -2.73. The molecule has 2 aromatic carbocycles.